The van der Waals surface area contributed by atoms with Crippen LogP contribution in [-0.4, -0.2) is 34.7 Å². The summed E-state index contributed by atoms with van der Waals surface area (Å²) in [4.78, 5) is 13.3. The minimum Gasteiger partial charge on any atom is -0.474 e. The molecule has 3 heterocycles. The van der Waals surface area contributed by atoms with Crippen molar-refractivity contribution < 1.29 is 18.4 Å². The van der Waals surface area contributed by atoms with E-state index < -0.39 is 11.9 Å². The van der Waals surface area contributed by atoms with E-state index in [0.717, 1.165) is 35.9 Å². The van der Waals surface area contributed by atoms with Crippen molar-refractivity contribution in [3.05, 3.63) is 65.4 Å². The van der Waals surface area contributed by atoms with Crippen molar-refractivity contribution in [1.82, 2.24) is 15.2 Å². The molecule has 0 radical (unpaired) electrons. The molecule has 28 heavy (non-hydrogen) atoms. The minimum atomic E-state index is -0.791. The van der Waals surface area contributed by atoms with E-state index in [0.29, 0.717) is 11.4 Å². The van der Waals surface area contributed by atoms with Crippen molar-refractivity contribution in [2.24, 2.45) is 10.1 Å². The zero-order valence-corrected chi connectivity index (χ0v) is 14.9. The van der Waals surface area contributed by atoms with Crippen LogP contribution in [0.15, 0.2) is 51.4 Å². The van der Waals surface area contributed by atoms with Crippen molar-refractivity contribution in [3.8, 4) is 5.75 Å². The lowest BCUT2D eigenvalue weighted by Crippen LogP contribution is -2.12. The van der Waals surface area contributed by atoms with E-state index in [2.05, 4.69) is 25.3 Å². The molecule has 142 valence electrons. The van der Waals surface area contributed by atoms with Crippen molar-refractivity contribution in [2.45, 2.75) is 18.9 Å². The van der Waals surface area contributed by atoms with Crippen molar-refractivity contribution in [1.29, 1.82) is 0 Å². The standard InChI is InChI=1S/C19H16FN5O3/c1-26-24-9-13-8-15(7-12-3-2-6-21-17(12)13)28-18(19-25-23-11-27-19)16-5-4-14(20)10-22-16/h4-11,18H,2-3H2,1H3/b24-9+. The largest absolute Gasteiger partial charge is 0.474 e. The van der Waals surface area contributed by atoms with Gasteiger partial charge >= 0.3 is 0 Å². The van der Waals surface area contributed by atoms with Crippen LogP contribution in [0.25, 0.3) is 0 Å². The fourth-order valence-corrected chi connectivity index (χ4v) is 2.90. The van der Waals surface area contributed by atoms with Crippen molar-refractivity contribution in [2.75, 3.05) is 7.11 Å². The number of benzene rings is 1. The summed E-state index contributed by atoms with van der Waals surface area (Å²) in [5, 5.41) is 11.5. The number of aliphatic imine (C=N–C) groups is 1. The van der Waals surface area contributed by atoms with Gasteiger partial charge < -0.3 is 14.0 Å². The number of oxime groups is 1. The monoisotopic (exact) mass is 381 g/mol. The van der Waals surface area contributed by atoms with Gasteiger partial charge in [-0.15, -0.1) is 10.2 Å². The van der Waals surface area contributed by atoms with Gasteiger partial charge in [-0.05, 0) is 42.7 Å². The molecule has 0 aliphatic carbocycles. The van der Waals surface area contributed by atoms with Crippen LogP contribution in [0, 0.1) is 5.82 Å². The van der Waals surface area contributed by atoms with E-state index in [1.807, 2.05) is 12.3 Å². The highest BCUT2D eigenvalue weighted by molar-refractivity contribution is 5.90. The quantitative estimate of drug-likeness (QED) is 0.480. The Bertz CT molecular complexity index is 1000. The first-order chi connectivity index (χ1) is 13.7. The first-order valence-electron chi connectivity index (χ1n) is 8.54. The molecule has 2 aromatic heterocycles. The molecular formula is C19H16FN5O3. The van der Waals surface area contributed by atoms with E-state index in [4.69, 9.17) is 14.0 Å². The summed E-state index contributed by atoms with van der Waals surface area (Å²) in [6.07, 6.45) is 6.63. The predicted octanol–water partition coefficient (Wildman–Crippen LogP) is 3.40. The number of aryl methyl sites for hydroxylation is 1. The Labute approximate surface area is 159 Å². The summed E-state index contributed by atoms with van der Waals surface area (Å²) in [7, 11) is 1.47. The Morgan fingerprint density at radius 1 is 1.32 bits per heavy atom. The normalized spacial score (nSPS) is 14.1. The average Bonchev–Trinajstić information content (AvgIpc) is 3.25. The molecule has 1 aromatic carbocycles. The Hall–Kier alpha value is -3.62. The molecule has 0 saturated carbocycles. The van der Waals surface area contributed by atoms with E-state index in [9.17, 15) is 4.39 Å². The third-order valence-electron chi connectivity index (χ3n) is 4.13. The van der Waals surface area contributed by atoms with Crippen LogP contribution in [0.5, 0.6) is 5.75 Å². The highest BCUT2D eigenvalue weighted by Crippen LogP contribution is 2.34. The molecule has 1 aliphatic rings. The van der Waals surface area contributed by atoms with Gasteiger partial charge in [0.15, 0.2) is 0 Å². The van der Waals surface area contributed by atoms with Crippen LogP contribution in [0.3, 0.4) is 0 Å². The summed E-state index contributed by atoms with van der Waals surface area (Å²) in [6, 6.07) is 6.51. The molecule has 0 bridgehead atoms. The van der Waals surface area contributed by atoms with Crippen molar-refractivity contribution in [3.63, 3.8) is 0 Å². The smallest absolute Gasteiger partial charge is 0.263 e. The van der Waals surface area contributed by atoms with Crippen LogP contribution in [0.1, 0.15) is 35.2 Å². The van der Waals surface area contributed by atoms with Crippen LogP contribution >= 0.6 is 0 Å². The van der Waals surface area contributed by atoms with Gasteiger partial charge in [0.25, 0.3) is 5.89 Å². The Morgan fingerprint density at radius 3 is 3.00 bits per heavy atom. The number of fused-ring (bicyclic) bond motifs is 1. The van der Waals surface area contributed by atoms with Gasteiger partial charge in [0, 0.05) is 11.8 Å². The van der Waals surface area contributed by atoms with E-state index in [1.165, 1.54) is 25.6 Å². The summed E-state index contributed by atoms with van der Waals surface area (Å²) in [6.45, 7) is 0. The molecule has 0 amide bonds. The zero-order chi connectivity index (χ0) is 19.3. The first kappa shape index (κ1) is 17.8. The zero-order valence-electron chi connectivity index (χ0n) is 14.9. The summed E-state index contributed by atoms with van der Waals surface area (Å²) in [5.41, 5.74) is 3.04. The second kappa shape index (κ2) is 7.95. The Balaban J connectivity index is 1.73. The van der Waals surface area contributed by atoms with Crippen LogP contribution in [0.2, 0.25) is 0 Å². The molecule has 8 nitrogen and oxygen atoms in total. The topological polar surface area (TPSA) is 95.0 Å². The Morgan fingerprint density at radius 2 is 2.25 bits per heavy atom. The highest BCUT2D eigenvalue weighted by Gasteiger charge is 2.24. The third kappa shape index (κ3) is 3.73. The molecule has 4 rings (SSSR count). The number of aromatic nitrogens is 3. The lowest BCUT2D eigenvalue weighted by Gasteiger charge is -2.19. The Kier molecular flexibility index (Phi) is 5.05. The predicted molar refractivity (Wildman–Crippen MR) is 98.5 cm³/mol. The fourth-order valence-electron chi connectivity index (χ4n) is 2.90. The number of hydrogen-bond donors (Lipinski definition) is 0. The van der Waals surface area contributed by atoms with Crippen LogP contribution < -0.4 is 4.74 Å². The fraction of sp³-hybridized carbons (Fsp3) is 0.211. The molecule has 1 unspecified atom stereocenters. The van der Waals surface area contributed by atoms with Gasteiger partial charge in [0.1, 0.15) is 18.7 Å². The lowest BCUT2D eigenvalue weighted by molar-refractivity contribution is 0.203. The SMILES string of the molecule is CO/N=C/c1cc(OC(c2ccc(F)cn2)c2nnco2)cc2c1N=CCC2. The van der Waals surface area contributed by atoms with Crippen LogP contribution in [0.4, 0.5) is 10.1 Å². The molecular weight excluding hydrogens is 365 g/mol. The maximum absolute atomic E-state index is 13.3. The van der Waals surface area contributed by atoms with Gasteiger partial charge in [-0.3, -0.25) is 9.98 Å². The lowest BCUT2D eigenvalue weighted by atomic mass is 10.0. The van der Waals surface area contributed by atoms with Crippen molar-refractivity contribution >= 4 is 18.1 Å². The maximum Gasteiger partial charge on any atom is 0.263 e. The molecule has 0 saturated heterocycles. The number of hydrogen-bond acceptors (Lipinski definition) is 8. The van der Waals surface area contributed by atoms with Gasteiger partial charge in [-0.1, -0.05) is 5.16 Å². The highest BCUT2D eigenvalue weighted by atomic mass is 19.1. The van der Waals surface area contributed by atoms with Gasteiger partial charge in [0.05, 0.1) is 23.8 Å². The van der Waals surface area contributed by atoms with E-state index >= 15 is 0 Å². The van der Waals surface area contributed by atoms with Gasteiger partial charge in [0.2, 0.25) is 12.5 Å². The molecule has 1 atom stereocenters. The molecule has 0 N–H and O–H groups in total. The molecule has 0 fully saturated rings. The number of halogens is 1. The second-order valence-corrected chi connectivity index (χ2v) is 5.96. The third-order valence-corrected chi connectivity index (χ3v) is 4.13. The number of nitrogens with zero attached hydrogens (tertiary/aromatic N) is 5. The summed E-state index contributed by atoms with van der Waals surface area (Å²) >= 11 is 0. The molecule has 1 aliphatic heterocycles. The molecule has 9 heteroatoms. The number of ether oxygens (including phenoxy) is 1. The average molecular weight is 381 g/mol. The van der Waals surface area contributed by atoms with E-state index in [1.54, 1.807) is 12.3 Å². The maximum atomic E-state index is 13.3. The minimum absolute atomic E-state index is 0.210. The number of pyridine rings is 1. The second-order valence-electron chi connectivity index (χ2n) is 5.96. The summed E-state index contributed by atoms with van der Waals surface area (Å²) in [5.74, 6) is 0.308. The number of rotatable bonds is 6. The van der Waals surface area contributed by atoms with E-state index in [-0.39, 0.29) is 5.89 Å². The molecule has 0 spiro atoms. The van der Waals surface area contributed by atoms with Crippen LogP contribution in [-0.2, 0) is 11.3 Å². The van der Waals surface area contributed by atoms with Gasteiger partial charge in [-0.2, -0.15) is 0 Å². The summed E-state index contributed by atoms with van der Waals surface area (Å²) < 4.78 is 24.7. The molecule has 3 aromatic rings. The van der Waals surface area contributed by atoms with Gasteiger partial charge in [-0.25, -0.2) is 4.39 Å². The first-order valence-corrected chi connectivity index (χ1v) is 8.54.